The lowest BCUT2D eigenvalue weighted by Crippen LogP contribution is -2.47. The first-order chi connectivity index (χ1) is 16.1. The molecule has 1 aliphatic rings. The molecule has 33 heavy (non-hydrogen) atoms. The number of hydrogen-bond acceptors (Lipinski definition) is 6. The van der Waals surface area contributed by atoms with Crippen molar-refractivity contribution in [2.45, 2.75) is 13.0 Å². The Kier molecular flexibility index (Phi) is 5.75. The van der Waals surface area contributed by atoms with E-state index in [1.54, 1.807) is 18.7 Å². The van der Waals surface area contributed by atoms with E-state index in [4.69, 9.17) is 4.98 Å². The highest BCUT2D eigenvalue weighted by molar-refractivity contribution is 5.97. The molecule has 0 aliphatic carbocycles. The molecule has 1 N–H and O–H groups in total. The second-order valence-corrected chi connectivity index (χ2v) is 8.45. The van der Waals surface area contributed by atoms with Gasteiger partial charge in [0.05, 0.1) is 23.4 Å². The summed E-state index contributed by atoms with van der Waals surface area (Å²) in [6.45, 7) is 5.36. The summed E-state index contributed by atoms with van der Waals surface area (Å²) in [7, 11) is 2.08. The lowest BCUT2D eigenvalue weighted by atomic mass is 10.1. The molecule has 2 aromatic carbocycles. The van der Waals surface area contributed by atoms with E-state index < -0.39 is 0 Å². The van der Waals surface area contributed by atoms with Crippen molar-refractivity contribution < 1.29 is 4.79 Å². The Morgan fingerprint density at radius 1 is 1.03 bits per heavy atom. The Bertz CT molecular complexity index is 1260. The molecular formula is C25H27N7O. The number of nitrogens with one attached hydrogen (secondary N) is 1. The van der Waals surface area contributed by atoms with Gasteiger partial charge in [0.15, 0.2) is 5.82 Å². The van der Waals surface area contributed by atoms with Crippen LogP contribution in [0.2, 0.25) is 0 Å². The third kappa shape index (κ3) is 4.42. The molecule has 0 unspecified atom stereocenters. The molecule has 1 amide bonds. The van der Waals surface area contributed by atoms with Gasteiger partial charge in [0.1, 0.15) is 12.1 Å². The number of likely N-dealkylation sites (N-methyl/N-ethyl adjacent to an activating group) is 1. The quantitative estimate of drug-likeness (QED) is 0.512. The molecule has 4 aromatic rings. The van der Waals surface area contributed by atoms with E-state index in [1.165, 1.54) is 5.56 Å². The monoisotopic (exact) mass is 441 g/mol. The molecule has 168 valence electrons. The van der Waals surface area contributed by atoms with E-state index in [-0.39, 0.29) is 11.9 Å². The van der Waals surface area contributed by atoms with Crippen LogP contribution in [0.25, 0.3) is 16.9 Å². The van der Waals surface area contributed by atoms with Gasteiger partial charge < -0.3 is 15.1 Å². The normalized spacial score (nSPS) is 15.5. The number of anilines is 1. The van der Waals surface area contributed by atoms with Gasteiger partial charge in [-0.1, -0.05) is 30.3 Å². The van der Waals surface area contributed by atoms with Gasteiger partial charge >= 0.3 is 0 Å². The Balaban J connectivity index is 1.41. The lowest BCUT2D eigenvalue weighted by molar-refractivity contribution is 0.0664. The molecule has 1 saturated heterocycles. The Morgan fingerprint density at radius 2 is 1.82 bits per heavy atom. The summed E-state index contributed by atoms with van der Waals surface area (Å²) in [4.78, 5) is 30.9. The fourth-order valence-corrected chi connectivity index (χ4v) is 4.10. The number of amides is 1. The molecule has 0 spiro atoms. The summed E-state index contributed by atoms with van der Waals surface area (Å²) in [5.41, 5.74) is 3.47. The standard InChI is InChI=1S/C25H27N7O/c1-18(19-6-4-3-5-7-19)28-23-15-26-16-24(29-23)32-17-27-21-9-8-20(14-22(21)32)25(33)31-12-10-30(2)11-13-31/h3-9,14-18H,10-13H2,1-2H3,(H,28,29)/t18-/m0/s1. The lowest BCUT2D eigenvalue weighted by Gasteiger charge is -2.32. The van der Waals surface area contributed by atoms with Crippen LogP contribution in [0, 0.1) is 0 Å². The van der Waals surface area contributed by atoms with Gasteiger partial charge in [0.25, 0.3) is 5.91 Å². The van der Waals surface area contributed by atoms with Gasteiger partial charge in [-0.15, -0.1) is 0 Å². The fourth-order valence-electron chi connectivity index (χ4n) is 4.10. The number of hydrogen-bond donors (Lipinski definition) is 1. The highest BCUT2D eigenvalue weighted by Crippen LogP contribution is 2.22. The number of benzene rings is 2. The maximum absolute atomic E-state index is 13.1. The highest BCUT2D eigenvalue weighted by Gasteiger charge is 2.21. The Labute approximate surface area is 192 Å². The van der Waals surface area contributed by atoms with Crippen LogP contribution in [-0.4, -0.2) is 68.5 Å². The smallest absolute Gasteiger partial charge is 0.254 e. The van der Waals surface area contributed by atoms with Crippen LogP contribution >= 0.6 is 0 Å². The average Bonchev–Trinajstić information content (AvgIpc) is 3.28. The number of nitrogens with zero attached hydrogens (tertiary/aromatic N) is 6. The predicted octanol–water partition coefficient (Wildman–Crippen LogP) is 3.38. The molecule has 0 saturated carbocycles. The number of rotatable bonds is 5. The fraction of sp³-hybridized carbons (Fsp3) is 0.280. The molecule has 2 aromatic heterocycles. The summed E-state index contributed by atoms with van der Waals surface area (Å²) in [6.07, 6.45) is 5.14. The number of aromatic nitrogens is 4. The van der Waals surface area contributed by atoms with Crippen LogP contribution in [0.4, 0.5) is 5.82 Å². The molecule has 0 radical (unpaired) electrons. The first kappa shape index (κ1) is 21.1. The van der Waals surface area contributed by atoms with Crippen LogP contribution in [0.5, 0.6) is 0 Å². The zero-order valence-electron chi connectivity index (χ0n) is 18.8. The van der Waals surface area contributed by atoms with Crippen molar-refractivity contribution >= 4 is 22.8 Å². The maximum atomic E-state index is 13.1. The van der Waals surface area contributed by atoms with Crippen molar-refractivity contribution in [2.24, 2.45) is 0 Å². The first-order valence-corrected chi connectivity index (χ1v) is 11.2. The zero-order chi connectivity index (χ0) is 22.8. The number of imidazole rings is 1. The minimum Gasteiger partial charge on any atom is -0.362 e. The van der Waals surface area contributed by atoms with E-state index in [9.17, 15) is 4.79 Å². The minimum absolute atomic E-state index is 0.0518. The molecule has 5 rings (SSSR count). The summed E-state index contributed by atoms with van der Waals surface area (Å²) in [6, 6.07) is 15.9. The third-order valence-electron chi connectivity index (χ3n) is 6.12. The molecule has 8 nitrogen and oxygen atoms in total. The van der Waals surface area contributed by atoms with Crippen molar-refractivity contribution in [3.8, 4) is 5.82 Å². The SMILES string of the molecule is C[C@H](Nc1cncc(-n2cnc3ccc(C(=O)N4CCN(C)CC4)cc32)n1)c1ccccc1. The van der Waals surface area contributed by atoms with Crippen LogP contribution in [0.1, 0.15) is 28.9 Å². The molecule has 1 fully saturated rings. The van der Waals surface area contributed by atoms with Crippen molar-refractivity contribution in [3.05, 3.63) is 78.4 Å². The van der Waals surface area contributed by atoms with Gasteiger partial charge in [0.2, 0.25) is 0 Å². The highest BCUT2D eigenvalue weighted by atomic mass is 16.2. The van der Waals surface area contributed by atoms with Crippen molar-refractivity contribution in [3.63, 3.8) is 0 Å². The van der Waals surface area contributed by atoms with Crippen LogP contribution in [0.3, 0.4) is 0 Å². The largest absolute Gasteiger partial charge is 0.362 e. The Hall–Kier alpha value is -3.78. The van der Waals surface area contributed by atoms with Gasteiger partial charge in [-0.05, 0) is 37.7 Å². The van der Waals surface area contributed by atoms with Crippen LogP contribution < -0.4 is 5.32 Å². The number of carbonyl (C=O) groups is 1. The minimum atomic E-state index is 0.0518. The van der Waals surface area contributed by atoms with Crippen molar-refractivity contribution in [1.29, 1.82) is 0 Å². The molecule has 0 bridgehead atoms. The van der Waals surface area contributed by atoms with Crippen LogP contribution in [0.15, 0.2) is 67.3 Å². The third-order valence-corrected chi connectivity index (χ3v) is 6.12. The molecule has 3 heterocycles. The number of carbonyl (C=O) groups excluding carboxylic acids is 1. The first-order valence-electron chi connectivity index (χ1n) is 11.2. The van der Waals surface area contributed by atoms with E-state index in [2.05, 4.69) is 46.3 Å². The van der Waals surface area contributed by atoms with E-state index in [0.29, 0.717) is 17.2 Å². The average molecular weight is 442 g/mol. The molecule has 1 aliphatic heterocycles. The maximum Gasteiger partial charge on any atom is 0.254 e. The summed E-state index contributed by atoms with van der Waals surface area (Å²) in [5.74, 6) is 1.37. The molecule has 8 heteroatoms. The summed E-state index contributed by atoms with van der Waals surface area (Å²) >= 11 is 0. The summed E-state index contributed by atoms with van der Waals surface area (Å²) < 4.78 is 1.88. The van der Waals surface area contributed by atoms with E-state index in [0.717, 1.165) is 37.2 Å². The van der Waals surface area contributed by atoms with Gasteiger partial charge in [-0.3, -0.25) is 14.3 Å². The molecule has 1 atom stereocenters. The van der Waals surface area contributed by atoms with E-state index >= 15 is 0 Å². The topological polar surface area (TPSA) is 79.2 Å². The summed E-state index contributed by atoms with van der Waals surface area (Å²) in [5, 5.41) is 3.41. The second-order valence-electron chi connectivity index (χ2n) is 8.45. The van der Waals surface area contributed by atoms with Gasteiger partial charge in [0, 0.05) is 37.8 Å². The number of piperazine rings is 1. The zero-order valence-corrected chi connectivity index (χ0v) is 18.8. The number of fused-ring (bicyclic) bond motifs is 1. The van der Waals surface area contributed by atoms with Crippen molar-refractivity contribution in [2.75, 3.05) is 38.5 Å². The second kappa shape index (κ2) is 8.99. The predicted molar refractivity (Wildman–Crippen MR) is 129 cm³/mol. The van der Waals surface area contributed by atoms with Gasteiger partial charge in [-0.25, -0.2) is 9.97 Å². The van der Waals surface area contributed by atoms with Gasteiger partial charge in [-0.2, -0.15) is 0 Å². The molecular weight excluding hydrogens is 414 g/mol. The van der Waals surface area contributed by atoms with E-state index in [1.807, 2.05) is 45.9 Å². The van der Waals surface area contributed by atoms with Crippen molar-refractivity contribution in [1.82, 2.24) is 29.3 Å². The Morgan fingerprint density at radius 3 is 2.61 bits per heavy atom. The van der Waals surface area contributed by atoms with Crippen LogP contribution in [-0.2, 0) is 0 Å².